The predicted octanol–water partition coefficient (Wildman–Crippen LogP) is 3.25. The molecule has 0 aliphatic rings. The number of amides is 2. The highest BCUT2D eigenvalue weighted by molar-refractivity contribution is 6.04. The third-order valence-corrected chi connectivity index (χ3v) is 4.32. The molecule has 0 radical (unpaired) electrons. The first-order valence-electron chi connectivity index (χ1n) is 8.59. The largest absolute Gasteiger partial charge is 0.355 e. The van der Waals surface area contributed by atoms with Gasteiger partial charge in [-0.15, -0.1) is 0 Å². The lowest BCUT2D eigenvalue weighted by Gasteiger charge is -2.25. The van der Waals surface area contributed by atoms with Gasteiger partial charge in [0.05, 0.1) is 6.04 Å². The van der Waals surface area contributed by atoms with Crippen molar-refractivity contribution >= 4 is 11.8 Å². The van der Waals surface area contributed by atoms with Crippen LogP contribution >= 0.6 is 0 Å². The number of nitrogens with one attached hydrogen (secondary N) is 2. The van der Waals surface area contributed by atoms with E-state index in [9.17, 15) is 9.59 Å². The van der Waals surface area contributed by atoms with E-state index >= 15 is 0 Å². The summed E-state index contributed by atoms with van der Waals surface area (Å²) in [5.41, 5.74) is 1.04. The van der Waals surface area contributed by atoms with Gasteiger partial charge in [-0.25, -0.2) is 0 Å². The minimum Gasteiger partial charge on any atom is -0.355 e. The number of hydrogen-bond acceptors (Lipinski definition) is 2. The molecule has 0 saturated heterocycles. The molecular weight excluding hydrogens is 312 g/mol. The highest BCUT2D eigenvalue weighted by atomic mass is 16.2. The van der Waals surface area contributed by atoms with Crippen LogP contribution in [0.3, 0.4) is 0 Å². The molecule has 0 saturated carbocycles. The summed E-state index contributed by atoms with van der Waals surface area (Å²) in [4.78, 5) is 25.0. The van der Waals surface area contributed by atoms with Crippen molar-refractivity contribution in [2.45, 2.75) is 33.2 Å². The molecule has 4 heteroatoms. The van der Waals surface area contributed by atoms with Gasteiger partial charge in [0, 0.05) is 6.54 Å². The van der Waals surface area contributed by atoms with E-state index in [0.717, 1.165) is 17.5 Å². The molecule has 25 heavy (non-hydrogen) atoms. The molecule has 0 aliphatic carbocycles. The zero-order valence-electron chi connectivity index (χ0n) is 15.1. The van der Waals surface area contributed by atoms with E-state index in [1.165, 1.54) is 0 Å². The molecule has 0 bridgehead atoms. The van der Waals surface area contributed by atoms with Gasteiger partial charge in [0.2, 0.25) is 11.8 Å². The van der Waals surface area contributed by atoms with E-state index in [1.54, 1.807) is 13.8 Å². The average Bonchev–Trinajstić information content (AvgIpc) is 2.63. The summed E-state index contributed by atoms with van der Waals surface area (Å²) >= 11 is 0. The van der Waals surface area contributed by atoms with Crippen molar-refractivity contribution in [2.75, 3.05) is 6.54 Å². The molecule has 0 spiro atoms. The second-order valence-electron chi connectivity index (χ2n) is 6.72. The van der Waals surface area contributed by atoms with E-state index in [-0.39, 0.29) is 17.9 Å². The van der Waals surface area contributed by atoms with Crippen LogP contribution in [0.4, 0.5) is 0 Å². The summed E-state index contributed by atoms with van der Waals surface area (Å²) in [5.74, 6) is -0.540. The molecule has 2 N–H and O–H groups in total. The molecule has 0 heterocycles. The fourth-order valence-corrected chi connectivity index (χ4v) is 2.49. The lowest BCUT2D eigenvalue weighted by molar-refractivity contribution is -0.141. The summed E-state index contributed by atoms with van der Waals surface area (Å²) in [6.45, 7) is 5.72. The molecule has 0 aromatic heterocycles. The number of carbonyl (C=O) groups excluding carboxylic acids is 2. The fourth-order valence-electron chi connectivity index (χ4n) is 2.49. The van der Waals surface area contributed by atoms with Crippen molar-refractivity contribution in [3.05, 3.63) is 71.8 Å². The monoisotopic (exact) mass is 338 g/mol. The Morgan fingerprint density at radius 2 is 1.48 bits per heavy atom. The summed E-state index contributed by atoms with van der Waals surface area (Å²) < 4.78 is 0. The van der Waals surface area contributed by atoms with Gasteiger partial charge in [0.25, 0.3) is 0 Å². The quantitative estimate of drug-likeness (QED) is 0.762. The van der Waals surface area contributed by atoms with Crippen LogP contribution < -0.4 is 10.6 Å². The Balaban J connectivity index is 1.87. The minimum absolute atomic E-state index is 0.148. The van der Waals surface area contributed by atoms with Crippen molar-refractivity contribution in [3.63, 3.8) is 0 Å². The number of rotatable bonds is 7. The number of hydrogen-bond donors (Lipinski definition) is 2. The van der Waals surface area contributed by atoms with E-state index in [0.29, 0.717) is 6.54 Å². The maximum absolute atomic E-state index is 12.6. The van der Waals surface area contributed by atoms with Gasteiger partial charge in [-0.3, -0.25) is 9.59 Å². The molecule has 0 aliphatic heterocycles. The summed E-state index contributed by atoms with van der Waals surface area (Å²) in [5, 5.41) is 5.79. The van der Waals surface area contributed by atoms with Gasteiger partial charge < -0.3 is 10.6 Å². The van der Waals surface area contributed by atoms with Gasteiger partial charge in [-0.1, -0.05) is 60.7 Å². The third-order valence-electron chi connectivity index (χ3n) is 4.32. The first kappa shape index (κ1) is 18.7. The molecule has 1 unspecified atom stereocenters. The average molecular weight is 338 g/mol. The van der Waals surface area contributed by atoms with Crippen LogP contribution in [-0.2, 0) is 16.0 Å². The fraction of sp³-hybridized carbons (Fsp3) is 0.333. The smallest absolute Gasteiger partial charge is 0.235 e. The molecular formula is C21H26N2O2. The molecule has 2 amide bonds. The maximum atomic E-state index is 12.6. The van der Waals surface area contributed by atoms with Gasteiger partial charge in [-0.05, 0) is 38.3 Å². The Kier molecular flexibility index (Phi) is 6.34. The van der Waals surface area contributed by atoms with E-state index in [2.05, 4.69) is 10.6 Å². The van der Waals surface area contributed by atoms with Crippen molar-refractivity contribution in [1.82, 2.24) is 10.6 Å². The Labute approximate surface area is 149 Å². The molecule has 2 aromatic rings. The molecule has 4 nitrogen and oxygen atoms in total. The topological polar surface area (TPSA) is 58.2 Å². The molecule has 0 fully saturated rings. The first-order valence-corrected chi connectivity index (χ1v) is 8.59. The lowest BCUT2D eigenvalue weighted by atomic mass is 9.90. The molecule has 2 rings (SSSR count). The Morgan fingerprint density at radius 1 is 0.920 bits per heavy atom. The Bertz CT molecular complexity index is 696. The first-order chi connectivity index (χ1) is 11.9. The van der Waals surface area contributed by atoms with Crippen LogP contribution in [0.5, 0.6) is 0 Å². The molecule has 2 aromatic carbocycles. The van der Waals surface area contributed by atoms with Crippen LogP contribution in [0, 0.1) is 5.41 Å². The van der Waals surface area contributed by atoms with E-state index in [1.807, 2.05) is 67.6 Å². The van der Waals surface area contributed by atoms with Gasteiger partial charge in [0.1, 0.15) is 5.41 Å². The Hall–Kier alpha value is -2.62. The van der Waals surface area contributed by atoms with Crippen LogP contribution in [0.25, 0.3) is 0 Å². The van der Waals surface area contributed by atoms with Gasteiger partial charge in [-0.2, -0.15) is 0 Å². The van der Waals surface area contributed by atoms with Crippen molar-refractivity contribution in [1.29, 1.82) is 0 Å². The normalized spacial score (nSPS) is 12.3. The van der Waals surface area contributed by atoms with Gasteiger partial charge in [0.15, 0.2) is 0 Å². The standard InChI is InChI=1S/C21H26N2O2/c1-16(18-12-8-5-9-13-18)23-20(25)21(2,3)19(24)22-15-14-17-10-6-4-7-11-17/h4-13,16H,14-15H2,1-3H3,(H,22,24)(H,23,25). The maximum Gasteiger partial charge on any atom is 0.235 e. The van der Waals surface area contributed by atoms with Crippen LogP contribution in [0.15, 0.2) is 60.7 Å². The molecule has 1 atom stereocenters. The third kappa shape index (κ3) is 5.18. The highest BCUT2D eigenvalue weighted by Gasteiger charge is 2.36. The second-order valence-corrected chi connectivity index (χ2v) is 6.72. The zero-order valence-corrected chi connectivity index (χ0v) is 15.1. The van der Waals surface area contributed by atoms with Gasteiger partial charge >= 0.3 is 0 Å². The van der Waals surface area contributed by atoms with Crippen molar-refractivity contribution < 1.29 is 9.59 Å². The van der Waals surface area contributed by atoms with E-state index in [4.69, 9.17) is 0 Å². The minimum atomic E-state index is -1.13. The summed E-state index contributed by atoms with van der Waals surface area (Å²) in [7, 11) is 0. The van der Waals surface area contributed by atoms with E-state index < -0.39 is 5.41 Å². The van der Waals surface area contributed by atoms with Crippen LogP contribution in [-0.4, -0.2) is 18.4 Å². The summed E-state index contributed by atoms with van der Waals surface area (Å²) in [6, 6.07) is 19.5. The van der Waals surface area contributed by atoms with Crippen LogP contribution in [0.1, 0.15) is 37.9 Å². The SMILES string of the molecule is CC(NC(=O)C(C)(C)C(=O)NCCc1ccccc1)c1ccccc1. The van der Waals surface area contributed by atoms with Crippen molar-refractivity contribution in [2.24, 2.45) is 5.41 Å². The molecule has 132 valence electrons. The predicted molar refractivity (Wildman–Crippen MR) is 99.9 cm³/mol. The number of benzene rings is 2. The lowest BCUT2D eigenvalue weighted by Crippen LogP contribution is -2.48. The summed E-state index contributed by atoms with van der Waals surface area (Å²) in [6.07, 6.45) is 0.741. The van der Waals surface area contributed by atoms with Crippen molar-refractivity contribution in [3.8, 4) is 0 Å². The Morgan fingerprint density at radius 3 is 2.08 bits per heavy atom. The number of carbonyl (C=O) groups is 2. The van der Waals surface area contributed by atoms with Crippen LogP contribution in [0.2, 0.25) is 0 Å². The zero-order chi connectivity index (χ0) is 18.3. The highest BCUT2D eigenvalue weighted by Crippen LogP contribution is 2.19. The second kappa shape index (κ2) is 8.47.